The Kier molecular flexibility index (Phi) is 4.56. The van der Waals surface area contributed by atoms with Crippen LogP contribution >= 0.6 is 11.3 Å². The molecule has 0 radical (unpaired) electrons. The lowest BCUT2D eigenvalue weighted by atomic mass is 10.1. The molecule has 0 aliphatic rings. The molecule has 2 N–H and O–H groups in total. The van der Waals surface area contributed by atoms with Crippen molar-refractivity contribution in [3.05, 3.63) is 34.7 Å². The molecule has 0 spiro atoms. The number of carbonyl (C=O) groups is 1. The second-order valence-corrected chi connectivity index (χ2v) is 5.91. The van der Waals surface area contributed by atoms with E-state index in [1.165, 1.54) is 11.3 Å². The van der Waals surface area contributed by atoms with Crippen molar-refractivity contribution in [1.29, 1.82) is 0 Å². The number of nitrogens with one attached hydrogen (secondary N) is 1. The molecule has 1 atom stereocenters. The Balaban J connectivity index is 2.24. The molecule has 0 aliphatic heterocycles. The van der Waals surface area contributed by atoms with E-state index in [1.54, 1.807) is 0 Å². The second kappa shape index (κ2) is 6.17. The Bertz CT molecular complexity index is 577. The third-order valence-corrected chi connectivity index (χ3v) is 4.59. The van der Waals surface area contributed by atoms with Crippen molar-refractivity contribution in [3.8, 4) is 0 Å². The molecule has 1 aromatic carbocycles. The van der Waals surface area contributed by atoms with Crippen LogP contribution in [0.3, 0.4) is 0 Å². The Morgan fingerprint density at radius 2 is 2.16 bits per heavy atom. The molecule has 2 aromatic rings. The highest BCUT2D eigenvalue weighted by Crippen LogP contribution is 2.31. The van der Waals surface area contributed by atoms with Gasteiger partial charge in [-0.05, 0) is 29.5 Å². The van der Waals surface area contributed by atoms with Crippen LogP contribution in [-0.2, 0) is 6.54 Å². The number of thiophene rings is 1. The molecule has 0 bridgehead atoms. The largest absolute Gasteiger partial charge is 0.477 e. The van der Waals surface area contributed by atoms with Crippen LogP contribution in [0.2, 0.25) is 0 Å². The summed E-state index contributed by atoms with van der Waals surface area (Å²) in [5, 5.41) is 13.7. The van der Waals surface area contributed by atoms with Gasteiger partial charge in [0.05, 0.1) is 0 Å². The number of fused-ring (bicyclic) bond motifs is 1. The van der Waals surface area contributed by atoms with Crippen LogP contribution in [0, 0.1) is 5.92 Å². The van der Waals surface area contributed by atoms with Crippen LogP contribution in [0.15, 0.2) is 24.3 Å². The lowest BCUT2D eigenvalue weighted by Crippen LogP contribution is -2.21. The molecule has 2 rings (SSSR count). The average Bonchev–Trinajstić information content (AvgIpc) is 2.78. The minimum Gasteiger partial charge on any atom is -0.477 e. The van der Waals surface area contributed by atoms with Crippen molar-refractivity contribution in [3.63, 3.8) is 0 Å². The first-order chi connectivity index (χ1) is 9.13. The van der Waals surface area contributed by atoms with E-state index in [1.807, 2.05) is 24.3 Å². The minimum atomic E-state index is -0.832. The predicted octanol–water partition coefficient (Wildman–Crippen LogP) is 3.74. The molecule has 19 heavy (non-hydrogen) atoms. The van der Waals surface area contributed by atoms with E-state index in [4.69, 9.17) is 0 Å². The summed E-state index contributed by atoms with van der Waals surface area (Å²) in [6.45, 7) is 5.89. The van der Waals surface area contributed by atoms with Crippen LogP contribution in [0.5, 0.6) is 0 Å². The molecule has 1 unspecified atom stereocenters. The van der Waals surface area contributed by atoms with Gasteiger partial charge in [0.1, 0.15) is 4.88 Å². The van der Waals surface area contributed by atoms with Gasteiger partial charge in [-0.3, -0.25) is 0 Å². The van der Waals surface area contributed by atoms with Crippen LogP contribution in [0.25, 0.3) is 10.1 Å². The van der Waals surface area contributed by atoms with Crippen molar-refractivity contribution < 1.29 is 9.90 Å². The monoisotopic (exact) mass is 277 g/mol. The molecule has 1 aromatic heterocycles. The summed E-state index contributed by atoms with van der Waals surface area (Å²) in [6, 6.07) is 7.88. The van der Waals surface area contributed by atoms with Gasteiger partial charge in [-0.15, -0.1) is 11.3 Å². The number of hydrogen-bond donors (Lipinski definition) is 2. The van der Waals surface area contributed by atoms with E-state index in [0.29, 0.717) is 17.3 Å². The smallest absolute Gasteiger partial charge is 0.346 e. The number of aromatic carboxylic acids is 1. The molecule has 3 nitrogen and oxygen atoms in total. The van der Waals surface area contributed by atoms with E-state index in [-0.39, 0.29) is 0 Å². The number of hydrogen-bond acceptors (Lipinski definition) is 3. The van der Waals surface area contributed by atoms with E-state index < -0.39 is 5.97 Å². The average molecular weight is 277 g/mol. The molecule has 4 heteroatoms. The van der Waals surface area contributed by atoms with Gasteiger partial charge in [0.15, 0.2) is 0 Å². The fourth-order valence-corrected chi connectivity index (χ4v) is 3.10. The lowest BCUT2D eigenvalue weighted by Gasteiger charge is -2.10. The molecule has 0 amide bonds. The first-order valence-electron chi connectivity index (χ1n) is 6.57. The molecule has 1 heterocycles. The lowest BCUT2D eigenvalue weighted by molar-refractivity contribution is 0.0701. The minimum absolute atomic E-state index is 0.456. The summed E-state index contributed by atoms with van der Waals surface area (Å²) in [5.74, 6) is -0.222. The zero-order valence-electron chi connectivity index (χ0n) is 11.3. The third-order valence-electron chi connectivity index (χ3n) is 3.38. The highest BCUT2D eigenvalue weighted by molar-refractivity contribution is 7.21. The van der Waals surface area contributed by atoms with Crippen molar-refractivity contribution in [1.82, 2.24) is 5.32 Å². The summed E-state index contributed by atoms with van der Waals surface area (Å²) in [6.07, 6.45) is 1.13. The second-order valence-electron chi connectivity index (χ2n) is 4.86. The maximum absolute atomic E-state index is 11.3. The Labute approximate surface area is 117 Å². The standard InChI is InChI=1S/C15H19NO2S/c1-3-10(2)8-16-9-12-11-6-4-5-7-13(11)19-14(12)15(17)18/h4-7,10,16H,3,8-9H2,1-2H3,(H,17,18). The normalized spacial score (nSPS) is 12.7. The van der Waals surface area contributed by atoms with Gasteiger partial charge in [-0.2, -0.15) is 0 Å². The van der Waals surface area contributed by atoms with Crippen LogP contribution < -0.4 is 5.32 Å². The quantitative estimate of drug-likeness (QED) is 0.845. The SMILES string of the molecule is CCC(C)CNCc1c(C(=O)O)sc2ccccc12. The summed E-state index contributed by atoms with van der Waals surface area (Å²) in [5.41, 5.74) is 0.913. The van der Waals surface area contributed by atoms with Crippen LogP contribution in [0.4, 0.5) is 0 Å². The topological polar surface area (TPSA) is 49.3 Å². The van der Waals surface area contributed by atoms with Gasteiger partial charge in [0.25, 0.3) is 0 Å². The summed E-state index contributed by atoms with van der Waals surface area (Å²) < 4.78 is 1.04. The van der Waals surface area contributed by atoms with Crippen molar-refractivity contribution in [2.75, 3.05) is 6.54 Å². The zero-order valence-corrected chi connectivity index (χ0v) is 12.1. The Morgan fingerprint density at radius 1 is 1.42 bits per heavy atom. The van der Waals surface area contributed by atoms with Gasteiger partial charge in [0.2, 0.25) is 0 Å². The van der Waals surface area contributed by atoms with Crippen LogP contribution in [0.1, 0.15) is 35.5 Å². The number of rotatable bonds is 6. The predicted molar refractivity (Wildman–Crippen MR) is 79.9 cm³/mol. The van der Waals surface area contributed by atoms with Crippen molar-refractivity contribution in [2.45, 2.75) is 26.8 Å². The summed E-state index contributed by atoms with van der Waals surface area (Å²) >= 11 is 1.36. The number of carboxylic acid groups (broad SMARTS) is 1. The Hall–Kier alpha value is -1.39. The van der Waals surface area contributed by atoms with E-state index in [2.05, 4.69) is 19.2 Å². The van der Waals surface area contributed by atoms with Crippen LogP contribution in [-0.4, -0.2) is 17.6 Å². The van der Waals surface area contributed by atoms with Gasteiger partial charge in [-0.1, -0.05) is 38.5 Å². The molecule has 102 valence electrons. The highest BCUT2D eigenvalue weighted by Gasteiger charge is 2.16. The Morgan fingerprint density at radius 3 is 2.84 bits per heavy atom. The van der Waals surface area contributed by atoms with Gasteiger partial charge >= 0.3 is 5.97 Å². The zero-order chi connectivity index (χ0) is 13.8. The van der Waals surface area contributed by atoms with E-state index in [9.17, 15) is 9.90 Å². The van der Waals surface area contributed by atoms with Crippen molar-refractivity contribution in [2.24, 2.45) is 5.92 Å². The molecular weight excluding hydrogens is 258 g/mol. The van der Waals surface area contributed by atoms with Gasteiger partial charge < -0.3 is 10.4 Å². The summed E-state index contributed by atoms with van der Waals surface area (Å²) in [4.78, 5) is 11.8. The number of carboxylic acids is 1. The number of benzene rings is 1. The molecule has 0 aliphatic carbocycles. The molecule has 0 saturated heterocycles. The summed E-state index contributed by atoms with van der Waals surface area (Å²) in [7, 11) is 0. The maximum Gasteiger partial charge on any atom is 0.346 e. The molecule has 0 fully saturated rings. The van der Waals surface area contributed by atoms with Crippen molar-refractivity contribution >= 4 is 27.4 Å². The van der Waals surface area contributed by atoms with Gasteiger partial charge in [-0.25, -0.2) is 4.79 Å². The van der Waals surface area contributed by atoms with E-state index in [0.717, 1.165) is 28.6 Å². The third kappa shape index (κ3) is 3.14. The molecule has 0 saturated carbocycles. The fraction of sp³-hybridized carbons (Fsp3) is 0.400. The highest BCUT2D eigenvalue weighted by atomic mass is 32.1. The van der Waals surface area contributed by atoms with E-state index >= 15 is 0 Å². The molecular formula is C15H19NO2S. The van der Waals surface area contributed by atoms with Gasteiger partial charge in [0, 0.05) is 11.2 Å². The first-order valence-corrected chi connectivity index (χ1v) is 7.39. The fourth-order valence-electron chi connectivity index (χ4n) is 2.03. The maximum atomic E-state index is 11.3. The first kappa shape index (κ1) is 14.0.